The molecule has 0 fully saturated rings. The van der Waals surface area contributed by atoms with E-state index in [1.54, 1.807) is 24.3 Å². The maximum absolute atomic E-state index is 11.6. The first-order valence-corrected chi connectivity index (χ1v) is 5.39. The number of nitrogens with two attached hydrogens (primary N) is 3. The number of hydrogen-bond donors (Lipinski definition) is 5. The number of anilines is 2. The summed E-state index contributed by atoms with van der Waals surface area (Å²) < 4.78 is 0. The summed E-state index contributed by atoms with van der Waals surface area (Å²) >= 11 is 0. The molecule has 102 valence electrons. The third-order valence-electron chi connectivity index (χ3n) is 2.18. The fourth-order valence-corrected chi connectivity index (χ4v) is 1.32. The fraction of sp³-hybridized carbons (Fsp3) is 0.182. The minimum Gasteiger partial charge on any atom is -0.370 e. The average Bonchev–Trinajstić information content (AvgIpc) is 2.30. The molecule has 0 aliphatic rings. The Kier molecular flexibility index (Phi) is 4.84. The van der Waals surface area contributed by atoms with E-state index in [-0.39, 0.29) is 6.42 Å². The molecule has 8 N–H and O–H groups in total. The molecule has 0 aromatic heterocycles. The molecule has 8 heteroatoms. The zero-order chi connectivity index (χ0) is 14.4. The second-order valence-corrected chi connectivity index (χ2v) is 3.83. The highest BCUT2D eigenvalue weighted by molar-refractivity contribution is 5.97. The lowest BCUT2D eigenvalue weighted by molar-refractivity contribution is -0.123. The number of rotatable bonds is 5. The second-order valence-electron chi connectivity index (χ2n) is 3.83. The largest absolute Gasteiger partial charge is 0.370 e. The SMILES string of the molecule is NC(=O)CC(N)C(=O)Nc1ccc(NC(N)=O)cc1. The molecule has 0 bridgehead atoms. The van der Waals surface area contributed by atoms with Gasteiger partial charge in [-0.3, -0.25) is 9.59 Å². The Hall–Kier alpha value is -2.61. The van der Waals surface area contributed by atoms with Crippen LogP contribution < -0.4 is 27.8 Å². The van der Waals surface area contributed by atoms with E-state index < -0.39 is 23.9 Å². The van der Waals surface area contributed by atoms with Gasteiger partial charge in [-0.05, 0) is 24.3 Å². The van der Waals surface area contributed by atoms with Crippen LogP contribution in [0.4, 0.5) is 16.2 Å². The molecule has 1 aromatic carbocycles. The van der Waals surface area contributed by atoms with E-state index in [4.69, 9.17) is 17.2 Å². The van der Waals surface area contributed by atoms with E-state index >= 15 is 0 Å². The predicted octanol–water partition coefficient (Wildman–Crippen LogP) is -0.682. The average molecular weight is 265 g/mol. The first kappa shape index (κ1) is 14.5. The molecule has 0 aliphatic heterocycles. The van der Waals surface area contributed by atoms with Gasteiger partial charge in [-0.1, -0.05) is 0 Å². The summed E-state index contributed by atoms with van der Waals surface area (Å²) in [6, 6.07) is 4.54. The van der Waals surface area contributed by atoms with E-state index in [0.29, 0.717) is 11.4 Å². The summed E-state index contributed by atoms with van der Waals surface area (Å²) in [7, 11) is 0. The Morgan fingerprint density at radius 2 is 1.47 bits per heavy atom. The Morgan fingerprint density at radius 1 is 1.00 bits per heavy atom. The van der Waals surface area contributed by atoms with Crippen molar-refractivity contribution in [1.82, 2.24) is 0 Å². The molecule has 19 heavy (non-hydrogen) atoms. The van der Waals surface area contributed by atoms with Crippen LogP contribution in [0.25, 0.3) is 0 Å². The Labute approximate surface area is 109 Å². The molecule has 0 radical (unpaired) electrons. The smallest absolute Gasteiger partial charge is 0.316 e. The maximum atomic E-state index is 11.6. The lowest BCUT2D eigenvalue weighted by Crippen LogP contribution is -2.38. The van der Waals surface area contributed by atoms with Gasteiger partial charge in [0.2, 0.25) is 11.8 Å². The molecule has 4 amide bonds. The first-order valence-electron chi connectivity index (χ1n) is 5.39. The van der Waals surface area contributed by atoms with Crippen LogP contribution in [0.1, 0.15) is 6.42 Å². The van der Waals surface area contributed by atoms with E-state index in [9.17, 15) is 14.4 Å². The summed E-state index contributed by atoms with van der Waals surface area (Å²) in [5, 5.41) is 4.89. The molecule has 1 rings (SSSR count). The van der Waals surface area contributed by atoms with Crippen molar-refractivity contribution >= 4 is 29.2 Å². The highest BCUT2D eigenvalue weighted by Crippen LogP contribution is 2.13. The first-order chi connectivity index (χ1) is 8.88. The molecule has 0 heterocycles. The summed E-state index contributed by atoms with van der Waals surface area (Å²) in [5.41, 5.74) is 16.3. The summed E-state index contributed by atoms with van der Waals surface area (Å²) in [6.45, 7) is 0. The van der Waals surface area contributed by atoms with Crippen LogP contribution in [0.3, 0.4) is 0 Å². The number of amides is 4. The summed E-state index contributed by atoms with van der Waals surface area (Å²) in [6.07, 6.45) is -0.229. The van der Waals surface area contributed by atoms with Crippen LogP contribution >= 0.6 is 0 Å². The van der Waals surface area contributed by atoms with Gasteiger partial charge < -0.3 is 27.8 Å². The Morgan fingerprint density at radius 3 is 1.89 bits per heavy atom. The quantitative estimate of drug-likeness (QED) is 0.478. The van der Waals surface area contributed by atoms with E-state index in [1.807, 2.05) is 0 Å². The summed E-state index contributed by atoms with van der Waals surface area (Å²) in [5.74, 6) is -1.17. The molecular weight excluding hydrogens is 250 g/mol. The van der Waals surface area contributed by atoms with Crippen molar-refractivity contribution in [2.75, 3.05) is 10.6 Å². The van der Waals surface area contributed by atoms with Gasteiger partial charge in [-0.25, -0.2) is 4.79 Å². The number of urea groups is 1. The van der Waals surface area contributed by atoms with Gasteiger partial charge in [0.1, 0.15) is 0 Å². The summed E-state index contributed by atoms with van der Waals surface area (Å²) in [4.78, 5) is 32.8. The molecule has 0 saturated heterocycles. The lowest BCUT2D eigenvalue weighted by Gasteiger charge is -2.11. The van der Waals surface area contributed by atoms with Gasteiger partial charge >= 0.3 is 6.03 Å². The highest BCUT2D eigenvalue weighted by atomic mass is 16.2. The minimum atomic E-state index is -0.999. The predicted molar refractivity (Wildman–Crippen MR) is 70.1 cm³/mol. The molecule has 0 saturated carbocycles. The minimum absolute atomic E-state index is 0.229. The van der Waals surface area contributed by atoms with E-state index in [2.05, 4.69) is 10.6 Å². The number of nitrogens with one attached hydrogen (secondary N) is 2. The van der Waals surface area contributed by atoms with Crippen molar-refractivity contribution in [3.8, 4) is 0 Å². The number of carbonyl (C=O) groups excluding carboxylic acids is 3. The van der Waals surface area contributed by atoms with Crippen LogP contribution in [-0.2, 0) is 9.59 Å². The lowest BCUT2D eigenvalue weighted by atomic mass is 10.2. The fourth-order valence-electron chi connectivity index (χ4n) is 1.32. The van der Waals surface area contributed by atoms with Crippen molar-refractivity contribution in [3.63, 3.8) is 0 Å². The number of primary amides is 2. The molecule has 0 aliphatic carbocycles. The van der Waals surface area contributed by atoms with E-state index in [0.717, 1.165) is 0 Å². The zero-order valence-corrected chi connectivity index (χ0v) is 10.1. The van der Waals surface area contributed by atoms with Gasteiger partial charge in [-0.2, -0.15) is 0 Å². The van der Waals surface area contributed by atoms with Crippen molar-refractivity contribution in [3.05, 3.63) is 24.3 Å². The maximum Gasteiger partial charge on any atom is 0.316 e. The number of benzene rings is 1. The van der Waals surface area contributed by atoms with Crippen molar-refractivity contribution in [2.24, 2.45) is 17.2 Å². The topological polar surface area (TPSA) is 153 Å². The molecule has 0 spiro atoms. The van der Waals surface area contributed by atoms with Gasteiger partial charge in [0.05, 0.1) is 12.5 Å². The zero-order valence-electron chi connectivity index (χ0n) is 10.1. The van der Waals surface area contributed by atoms with Crippen LogP contribution in [0.15, 0.2) is 24.3 Å². The van der Waals surface area contributed by atoms with Gasteiger partial charge in [-0.15, -0.1) is 0 Å². The highest BCUT2D eigenvalue weighted by Gasteiger charge is 2.15. The van der Waals surface area contributed by atoms with Crippen LogP contribution in [0.2, 0.25) is 0 Å². The van der Waals surface area contributed by atoms with Crippen molar-refractivity contribution in [1.29, 1.82) is 0 Å². The number of carbonyl (C=O) groups is 3. The third-order valence-corrected chi connectivity index (χ3v) is 2.18. The van der Waals surface area contributed by atoms with Crippen LogP contribution in [0.5, 0.6) is 0 Å². The molecule has 8 nitrogen and oxygen atoms in total. The molecule has 1 atom stereocenters. The van der Waals surface area contributed by atoms with Crippen molar-refractivity contribution in [2.45, 2.75) is 12.5 Å². The molecular formula is C11H15N5O3. The Bertz CT molecular complexity index is 486. The van der Waals surface area contributed by atoms with Gasteiger partial charge in [0.25, 0.3) is 0 Å². The molecule has 1 aromatic rings. The van der Waals surface area contributed by atoms with Gasteiger partial charge in [0.15, 0.2) is 0 Å². The van der Waals surface area contributed by atoms with Gasteiger partial charge in [0, 0.05) is 11.4 Å². The van der Waals surface area contributed by atoms with Crippen molar-refractivity contribution < 1.29 is 14.4 Å². The van der Waals surface area contributed by atoms with Crippen LogP contribution in [-0.4, -0.2) is 23.9 Å². The Balaban J connectivity index is 2.60. The molecule has 1 unspecified atom stereocenters. The number of hydrogen-bond acceptors (Lipinski definition) is 4. The van der Waals surface area contributed by atoms with Crippen LogP contribution in [0, 0.1) is 0 Å². The normalized spacial score (nSPS) is 11.4. The monoisotopic (exact) mass is 265 g/mol. The van der Waals surface area contributed by atoms with E-state index in [1.165, 1.54) is 0 Å². The third kappa shape index (κ3) is 5.04. The second kappa shape index (κ2) is 6.36. The standard InChI is InChI=1S/C11H15N5O3/c12-8(5-9(13)17)10(18)15-6-1-3-7(4-2-6)16-11(14)19/h1-4,8H,5,12H2,(H2,13,17)(H,15,18)(H3,14,16,19).